The Kier molecular flexibility index (Phi) is 2.59. The van der Waals surface area contributed by atoms with Crippen molar-refractivity contribution in [1.82, 2.24) is 14.4 Å². The number of nitrogens with zero attached hydrogens (tertiary/aromatic N) is 3. The fraction of sp³-hybridized carbons (Fsp3) is 0.0625. The summed E-state index contributed by atoms with van der Waals surface area (Å²) in [5.41, 5.74) is 1.94. The van der Waals surface area contributed by atoms with E-state index in [4.69, 9.17) is 4.42 Å². The quantitative estimate of drug-likeness (QED) is 0.507. The zero-order chi connectivity index (χ0) is 15.3. The molecule has 3 heterocycles. The van der Waals surface area contributed by atoms with Gasteiger partial charge < -0.3 is 8.82 Å². The van der Waals surface area contributed by atoms with Crippen molar-refractivity contribution in [3.05, 3.63) is 64.8 Å². The van der Waals surface area contributed by atoms with E-state index >= 15 is 0 Å². The summed E-state index contributed by atoms with van der Waals surface area (Å²) in [6.45, 7) is 1.85. The molecule has 5 nitrogen and oxygen atoms in total. The van der Waals surface area contributed by atoms with Gasteiger partial charge in [0.05, 0.1) is 17.0 Å². The second-order valence-corrected chi connectivity index (χ2v) is 5.00. The molecule has 0 aliphatic rings. The van der Waals surface area contributed by atoms with Crippen LogP contribution in [0.5, 0.6) is 0 Å². The molecule has 0 saturated heterocycles. The van der Waals surface area contributed by atoms with Gasteiger partial charge in [0.1, 0.15) is 11.4 Å². The Hall–Kier alpha value is -3.02. The molecule has 3 aromatic heterocycles. The van der Waals surface area contributed by atoms with Crippen molar-refractivity contribution in [2.24, 2.45) is 0 Å². The van der Waals surface area contributed by atoms with Crippen molar-refractivity contribution in [3.63, 3.8) is 0 Å². The molecule has 0 amide bonds. The van der Waals surface area contributed by atoms with Crippen LogP contribution in [0.2, 0.25) is 0 Å². The first-order chi connectivity index (χ1) is 10.6. The number of hydrogen-bond acceptors (Lipinski definition) is 4. The fourth-order valence-corrected chi connectivity index (χ4v) is 2.44. The molecule has 0 bridgehead atoms. The van der Waals surface area contributed by atoms with Gasteiger partial charge >= 0.3 is 5.63 Å². The molecule has 0 N–H and O–H groups in total. The Balaban J connectivity index is 1.99. The van der Waals surface area contributed by atoms with Crippen LogP contribution in [-0.4, -0.2) is 14.4 Å². The van der Waals surface area contributed by atoms with Crippen molar-refractivity contribution in [2.75, 3.05) is 0 Å². The van der Waals surface area contributed by atoms with Crippen LogP contribution in [0.3, 0.4) is 0 Å². The molecule has 0 spiro atoms. The highest BCUT2D eigenvalue weighted by Gasteiger charge is 2.13. The molecule has 0 aliphatic heterocycles. The second-order valence-electron chi connectivity index (χ2n) is 5.00. The van der Waals surface area contributed by atoms with E-state index in [1.165, 1.54) is 12.1 Å². The molecule has 0 atom stereocenters. The molecule has 0 aliphatic carbocycles. The van der Waals surface area contributed by atoms with E-state index in [-0.39, 0.29) is 5.58 Å². The third-order valence-corrected chi connectivity index (χ3v) is 3.53. The summed E-state index contributed by atoms with van der Waals surface area (Å²) in [6.07, 6.45) is 5.17. The molecule has 0 fully saturated rings. The lowest BCUT2D eigenvalue weighted by Gasteiger charge is -1.99. The molecule has 6 heteroatoms. The average molecular weight is 295 g/mol. The van der Waals surface area contributed by atoms with Crippen molar-refractivity contribution >= 4 is 16.6 Å². The van der Waals surface area contributed by atoms with Gasteiger partial charge in [0.25, 0.3) is 0 Å². The van der Waals surface area contributed by atoms with Gasteiger partial charge in [0, 0.05) is 30.0 Å². The van der Waals surface area contributed by atoms with E-state index in [2.05, 4.69) is 9.97 Å². The van der Waals surface area contributed by atoms with Gasteiger partial charge in [0.15, 0.2) is 5.65 Å². The predicted octanol–water partition coefficient (Wildman–Crippen LogP) is 2.95. The number of halogens is 1. The van der Waals surface area contributed by atoms with Gasteiger partial charge in [-0.3, -0.25) is 4.98 Å². The number of aromatic nitrogens is 3. The van der Waals surface area contributed by atoms with Gasteiger partial charge in [0.2, 0.25) is 0 Å². The van der Waals surface area contributed by atoms with Crippen LogP contribution in [0, 0.1) is 12.7 Å². The lowest BCUT2D eigenvalue weighted by atomic mass is 10.1. The van der Waals surface area contributed by atoms with Crippen molar-refractivity contribution < 1.29 is 8.81 Å². The maximum atomic E-state index is 13.2. The maximum absolute atomic E-state index is 13.2. The van der Waals surface area contributed by atoms with Crippen molar-refractivity contribution in [3.8, 4) is 11.3 Å². The topological polar surface area (TPSA) is 60.4 Å². The van der Waals surface area contributed by atoms with Crippen LogP contribution >= 0.6 is 0 Å². The van der Waals surface area contributed by atoms with Crippen LogP contribution in [0.15, 0.2) is 52.1 Å². The van der Waals surface area contributed by atoms with Crippen molar-refractivity contribution in [1.29, 1.82) is 0 Å². The minimum atomic E-state index is -0.549. The Morgan fingerprint density at radius 1 is 1.27 bits per heavy atom. The normalized spacial score (nSPS) is 11.4. The van der Waals surface area contributed by atoms with Crippen LogP contribution < -0.4 is 5.63 Å². The van der Waals surface area contributed by atoms with E-state index in [9.17, 15) is 9.18 Å². The smallest absolute Gasteiger partial charge is 0.345 e. The first-order valence-electron chi connectivity index (χ1n) is 6.66. The summed E-state index contributed by atoms with van der Waals surface area (Å²) in [6, 6.07) is 5.74. The Morgan fingerprint density at radius 2 is 2.14 bits per heavy atom. The monoisotopic (exact) mass is 295 g/mol. The summed E-state index contributed by atoms with van der Waals surface area (Å²) >= 11 is 0. The first-order valence-corrected chi connectivity index (χ1v) is 6.66. The first kappa shape index (κ1) is 12.7. The van der Waals surface area contributed by atoms with Gasteiger partial charge in [-0.2, -0.15) is 0 Å². The minimum absolute atomic E-state index is 0.218. The van der Waals surface area contributed by atoms with E-state index < -0.39 is 11.4 Å². The third-order valence-electron chi connectivity index (χ3n) is 3.53. The largest absolute Gasteiger partial charge is 0.422 e. The van der Waals surface area contributed by atoms with Crippen molar-refractivity contribution in [2.45, 2.75) is 6.92 Å². The summed E-state index contributed by atoms with van der Waals surface area (Å²) < 4.78 is 20.2. The highest BCUT2D eigenvalue weighted by atomic mass is 19.1. The summed E-state index contributed by atoms with van der Waals surface area (Å²) in [5.74, 6) is -0.446. The zero-order valence-corrected chi connectivity index (χ0v) is 11.6. The summed E-state index contributed by atoms with van der Waals surface area (Å²) in [4.78, 5) is 20.8. The number of fused-ring (bicyclic) bond motifs is 2. The number of hydrogen-bond donors (Lipinski definition) is 0. The second kappa shape index (κ2) is 4.49. The molecular formula is C16H10FN3O2. The average Bonchev–Trinajstić information content (AvgIpc) is 2.91. The molecule has 4 aromatic rings. The Bertz CT molecular complexity index is 1080. The van der Waals surface area contributed by atoms with E-state index in [1.807, 2.05) is 6.92 Å². The molecule has 0 radical (unpaired) electrons. The molecule has 0 unspecified atom stereocenters. The molecule has 4 rings (SSSR count). The summed E-state index contributed by atoms with van der Waals surface area (Å²) in [7, 11) is 0. The van der Waals surface area contributed by atoms with Gasteiger partial charge in [-0.05, 0) is 25.1 Å². The standard InChI is InChI=1S/C16H10FN3O2/c1-9-15-19-13(8-20(15)5-4-18-9)12-6-10-2-3-11(17)7-14(10)22-16(12)21/h2-8H,1H3. The number of benzene rings is 1. The van der Waals surface area contributed by atoms with E-state index in [0.717, 1.165) is 5.69 Å². The van der Waals surface area contributed by atoms with Gasteiger partial charge in [-0.1, -0.05) is 0 Å². The van der Waals surface area contributed by atoms with Crippen LogP contribution in [0.4, 0.5) is 4.39 Å². The van der Waals surface area contributed by atoms with Crippen LogP contribution in [0.1, 0.15) is 5.69 Å². The Morgan fingerprint density at radius 3 is 2.95 bits per heavy atom. The van der Waals surface area contributed by atoms with Crippen LogP contribution in [-0.2, 0) is 0 Å². The SMILES string of the molecule is Cc1nccn2cc(-c3cc4ccc(F)cc4oc3=O)nc12. The molecule has 0 saturated carbocycles. The van der Waals surface area contributed by atoms with Gasteiger partial charge in [-0.15, -0.1) is 0 Å². The maximum Gasteiger partial charge on any atom is 0.345 e. The fourth-order valence-electron chi connectivity index (χ4n) is 2.44. The molecule has 1 aromatic carbocycles. The Labute approximate surface area is 123 Å². The third kappa shape index (κ3) is 1.88. The van der Waals surface area contributed by atoms with Crippen LogP contribution in [0.25, 0.3) is 27.9 Å². The lowest BCUT2D eigenvalue weighted by Crippen LogP contribution is -2.02. The molecule has 22 heavy (non-hydrogen) atoms. The number of rotatable bonds is 1. The van der Waals surface area contributed by atoms with Gasteiger partial charge in [-0.25, -0.2) is 14.2 Å². The zero-order valence-electron chi connectivity index (χ0n) is 11.6. The lowest BCUT2D eigenvalue weighted by molar-refractivity contribution is 0.556. The number of imidazole rings is 1. The number of aryl methyl sites for hydroxylation is 1. The highest BCUT2D eigenvalue weighted by molar-refractivity contribution is 5.81. The highest BCUT2D eigenvalue weighted by Crippen LogP contribution is 2.22. The molecular weight excluding hydrogens is 285 g/mol. The molecule has 108 valence electrons. The minimum Gasteiger partial charge on any atom is -0.422 e. The summed E-state index contributed by atoms with van der Waals surface area (Å²) in [5, 5.41) is 0.642. The van der Waals surface area contributed by atoms with E-state index in [1.54, 1.807) is 35.1 Å². The van der Waals surface area contributed by atoms with E-state index in [0.29, 0.717) is 22.3 Å². The predicted molar refractivity (Wildman–Crippen MR) is 79.2 cm³/mol.